The smallest absolute Gasteiger partial charge is 0.249 e. The summed E-state index contributed by atoms with van der Waals surface area (Å²) in [4.78, 5) is 12.4. The molecule has 0 aromatic heterocycles. The van der Waals surface area contributed by atoms with Crippen molar-refractivity contribution in [1.82, 2.24) is 5.32 Å². The SMILES string of the molecule is CCCCCCCCCCCCC/C=C/CC/C=C/C(O)C(CO)NC(=O)C(O)CCCCCCCCCCCCCCCCCCC. The van der Waals surface area contributed by atoms with Gasteiger partial charge in [0.1, 0.15) is 6.10 Å². The Bertz CT molecular complexity index is 709. The van der Waals surface area contributed by atoms with Crippen molar-refractivity contribution in [2.45, 2.75) is 238 Å². The lowest BCUT2D eigenvalue weighted by Gasteiger charge is -2.21. The third-order valence-electron chi connectivity index (χ3n) is 9.79. The van der Waals surface area contributed by atoms with Crippen LogP contribution in [0.4, 0.5) is 0 Å². The molecule has 0 saturated carbocycles. The van der Waals surface area contributed by atoms with Crippen molar-refractivity contribution >= 4 is 5.91 Å². The van der Waals surface area contributed by atoms with Gasteiger partial charge in [0.2, 0.25) is 5.91 Å². The Labute approximate surface area is 299 Å². The van der Waals surface area contributed by atoms with Crippen LogP contribution in [0.5, 0.6) is 0 Å². The zero-order valence-electron chi connectivity index (χ0n) is 32.1. The summed E-state index contributed by atoms with van der Waals surface area (Å²) in [5, 5.41) is 33.1. The van der Waals surface area contributed by atoms with Crippen LogP contribution in [-0.4, -0.2) is 46.1 Å². The molecule has 0 heterocycles. The van der Waals surface area contributed by atoms with Crippen molar-refractivity contribution in [2.75, 3.05) is 6.61 Å². The van der Waals surface area contributed by atoms with Crippen LogP contribution in [0, 0.1) is 0 Å². The lowest BCUT2D eigenvalue weighted by Crippen LogP contribution is -2.48. The van der Waals surface area contributed by atoms with Gasteiger partial charge in [-0.15, -0.1) is 0 Å². The number of allylic oxidation sites excluding steroid dienone is 3. The summed E-state index contributed by atoms with van der Waals surface area (Å²) < 4.78 is 0. The standard InChI is InChI=1S/C43H83NO4/c1-3-5-7-9-11-13-15-17-19-21-23-25-27-29-31-33-35-37-41(46)40(39-45)44-43(48)42(47)38-36-34-32-30-28-26-24-22-20-18-16-14-12-10-8-6-4-2/h27,29,35,37,40-42,45-47H,3-26,28,30-34,36,38-39H2,1-2H3,(H,44,48)/b29-27+,37-35+. The summed E-state index contributed by atoms with van der Waals surface area (Å²) in [5.41, 5.74) is 0. The van der Waals surface area contributed by atoms with E-state index >= 15 is 0 Å². The van der Waals surface area contributed by atoms with Crippen molar-refractivity contribution in [3.05, 3.63) is 24.3 Å². The molecule has 0 aliphatic carbocycles. The molecule has 5 heteroatoms. The summed E-state index contributed by atoms with van der Waals surface area (Å²) in [7, 11) is 0. The van der Waals surface area contributed by atoms with Crippen LogP contribution in [0.1, 0.15) is 219 Å². The van der Waals surface area contributed by atoms with Gasteiger partial charge in [-0.25, -0.2) is 0 Å². The molecule has 0 aliphatic rings. The fraction of sp³-hybridized carbons (Fsp3) is 0.884. The first-order valence-corrected chi connectivity index (χ1v) is 21.2. The van der Waals surface area contributed by atoms with Crippen molar-refractivity contribution in [3.63, 3.8) is 0 Å². The van der Waals surface area contributed by atoms with Crippen LogP contribution in [0.3, 0.4) is 0 Å². The average Bonchev–Trinajstić information content (AvgIpc) is 3.09. The van der Waals surface area contributed by atoms with Gasteiger partial charge in [-0.05, 0) is 32.1 Å². The van der Waals surface area contributed by atoms with Crippen molar-refractivity contribution in [3.8, 4) is 0 Å². The van der Waals surface area contributed by atoms with E-state index in [-0.39, 0.29) is 6.61 Å². The Morgan fingerprint density at radius 1 is 0.500 bits per heavy atom. The Morgan fingerprint density at radius 3 is 1.27 bits per heavy atom. The van der Waals surface area contributed by atoms with Gasteiger partial charge in [-0.1, -0.05) is 212 Å². The van der Waals surface area contributed by atoms with Gasteiger partial charge in [-0.2, -0.15) is 0 Å². The average molecular weight is 678 g/mol. The van der Waals surface area contributed by atoms with Crippen molar-refractivity contribution < 1.29 is 20.1 Å². The lowest BCUT2D eigenvalue weighted by atomic mass is 10.0. The number of carbonyl (C=O) groups is 1. The minimum Gasteiger partial charge on any atom is -0.394 e. The van der Waals surface area contributed by atoms with Crippen LogP contribution < -0.4 is 5.32 Å². The summed E-state index contributed by atoms with van der Waals surface area (Å²) in [6.07, 6.45) is 46.3. The van der Waals surface area contributed by atoms with Gasteiger partial charge >= 0.3 is 0 Å². The number of unbranched alkanes of at least 4 members (excludes halogenated alkanes) is 28. The van der Waals surface area contributed by atoms with Gasteiger partial charge in [-0.3, -0.25) is 4.79 Å². The zero-order valence-corrected chi connectivity index (χ0v) is 32.1. The molecular formula is C43H83NO4. The number of aliphatic hydroxyl groups excluding tert-OH is 3. The van der Waals surface area contributed by atoms with Crippen LogP contribution in [-0.2, 0) is 4.79 Å². The summed E-state index contributed by atoms with van der Waals surface area (Å²) in [5.74, 6) is -0.511. The molecule has 4 N–H and O–H groups in total. The van der Waals surface area contributed by atoms with Gasteiger partial charge in [0.05, 0.1) is 18.8 Å². The maximum Gasteiger partial charge on any atom is 0.249 e. The monoisotopic (exact) mass is 678 g/mol. The summed E-state index contributed by atoms with van der Waals surface area (Å²) >= 11 is 0. The van der Waals surface area contributed by atoms with Crippen LogP contribution in [0.2, 0.25) is 0 Å². The third-order valence-corrected chi connectivity index (χ3v) is 9.79. The topological polar surface area (TPSA) is 89.8 Å². The Balaban J connectivity index is 3.71. The van der Waals surface area contributed by atoms with Crippen molar-refractivity contribution in [1.29, 1.82) is 0 Å². The molecule has 284 valence electrons. The number of amides is 1. The highest BCUT2D eigenvalue weighted by molar-refractivity contribution is 5.80. The molecule has 0 spiro atoms. The molecule has 0 aliphatic heterocycles. The fourth-order valence-corrected chi connectivity index (χ4v) is 6.44. The number of rotatable bonds is 38. The van der Waals surface area contributed by atoms with E-state index in [0.717, 1.165) is 38.5 Å². The number of nitrogens with one attached hydrogen (secondary N) is 1. The Morgan fingerprint density at radius 2 is 0.854 bits per heavy atom. The van der Waals surface area contributed by atoms with Gasteiger partial charge in [0, 0.05) is 0 Å². The van der Waals surface area contributed by atoms with E-state index in [0.29, 0.717) is 6.42 Å². The third kappa shape index (κ3) is 33.3. The zero-order chi connectivity index (χ0) is 35.2. The number of aliphatic hydroxyl groups is 3. The number of hydrogen-bond donors (Lipinski definition) is 4. The molecule has 3 atom stereocenters. The number of carbonyl (C=O) groups excluding carboxylic acids is 1. The predicted octanol–water partition coefficient (Wildman–Crippen LogP) is 11.8. The molecule has 0 fully saturated rings. The van der Waals surface area contributed by atoms with E-state index in [1.807, 2.05) is 6.08 Å². The molecule has 5 nitrogen and oxygen atoms in total. The Kier molecular flexibility index (Phi) is 37.7. The molecule has 0 bridgehead atoms. The highest BCUT2D eigenvalue weighted by atomic mass is 16.3. The van der Waals surface area contributed by atoms with Gasteiger partial charge in [0.25, 0.3) is 0 Å². The molecule has 0 aromatic rings. The molecule has 0 rings (SSSR count). The quantitative estimate of drug-likeness (QED) is 0.0387. The van der Waals surface area contributed by atoms with E-state index in [1.165, 1.54) is 161 Å². The maximum atomic E-state index is 12.4. The minimum absolute atomic E-state index is 0.373. The van der Waals surface area contributed by atoms with Crippen molar-refractivity contribution in [2.24, 2.45) is 0 Å². The van der Waals surface area contributed by atoms with Crippen LogP contribution in [0.15, 0.2) is 24.3 Å². The van der Waals surface area contributed by atoms with E-state index in [4.69, 9.17) is 0 Å². The summed E-state index contributed by atoms with van der Waals surface area (Å²) in [6, 6.07) is -0.810. The normalized spacial score (nSPS) is 13.9. The maximum absolute atomic E-state index is 12.4. The van der Waals surface area contributed by atoms with E-state index < -0.39 is 24.2 Å². The Hall–Kier alpha value is -1.17. The fourth-order valence-electron chi connectivity index (χ4n) is 6.44. The summed E-state index contributed by atoms with van der Waals surface area (Å²) in [6.45, 7) is 4.17. The molecule has 0 aromatic carbocycles. The first kappa shape index (κ1) is 46.8. The highest BCUT2D eigenvalue weighted by Crippen LogP contribution is 2.15. The first-order valence-electron chi connectivity index (χ1n) is 21.2. The second-order valence-corrected chi connectivity index (χ2v) is 14.6. The largest absolute Gasteiger partial charge is 0.394 e. The second kappa shape index (κ2) is 38.6. The van der Waals surface area contributed by atoms with Crippen LogP contribution in [0.25, 0.3) is 0 Å². The molecule has 3 unspecified atom stereocenters. The molecule has 1 amide bonds. The van der Waals surface area contributed by atoms with E-state index in [9.17, 15) is 20.1 Å². The molecule has 0 saturated heterocycles. The minimum atomic E-state index is -1.10. The van der Waals surface area contributed by atoms with Gasteiger partial charge < -0.3 is 20.6 Å². The van der Waals surface area contributed by atoms with Gasteiger partial charge in [0.15, 0.2) is 0 Å². The van der Waals surface area contributed by atoms with E-state index in [1.54, 1.807) is 6.08 Å². The predicted molar refractivity (Wildman–Crippen MR) is 208 cm³/mol. The molecule has 0 radical (unpaired) electrons. The highest BCUT2D eigenvalue weighted by Gasteiger charge is 2.22. The van der Waals surface area contributed by atoms with E-state index in [2.05, 4.69) is 31.3 Å². The molecular weight excluding hydrogens is 594 g/mol. The number of hydrogen-bond acceptors (Lipinski definition) is 4. The van der Waals surface area contributed by atoms with Crippen LogP contribution >= 0.6 is 0 Å². The lowest BCUT2D eigenvalue weighted by molar-refractivity contribution is -0.131. The second-order valence-electron chi connectivity index (χ2n) is 14.6. The molecule has 48 heavy (non-hydrogen) atoms. The first-order chi connectivity index (χ1) is 23.6.